The van der Waals surface area contributed by atoms with Crippen molar-refractivity contribution in [2.75, 3.05) is 20.1 Å². The summed E-state index contributed by atoms with van der Waals surface area (Å²) < 4.78 is 5.69. The number of phenols is 1. The van der Waals surface area contributed by atoms with E-state index in [2.05, 4.69) is 11.9 Å². The first kappa shape index (κ1) is 10.7. The van der Waals surface area contributed by atoms with E-state index in [4.69, 9.17) is 4.42 Å². The number of nitrogens with zero attached hydrogens (tertiary/aromatic N) is 1. The first-order chi connectivity index (χ1) is 8.25. The zero-order valence-electron chi connectivity index (χ0n) is 10.0. The zero-order chi connectivity index (χ0) is 11.8. The molecule has 3 rings (SSSR count). The molecular weight excluding hydrogens is 214 g/mol. The van der Waals surface area contributed by atoms with Crippen LogP contribution >= 0.6 is 0 Å². The second-order valence-corrected chi connectivity index (χ2v) is 4.92. The number of piperidine rings is 1. The van der Waals surface area contributed by atoms with Crippen molar-refractivity contribution in [2.45, 2.75) is 18.8 Å². The highest BCUT2D eigenvalue weighted by atomic mass is 16.3. The highest BCUT2D eigenvalue weighted by molar-refractivity contribution is 5.90. The van der Waals surface area contributed by atoms with Gasteiger partial charge in [-0.05, 0) is 39.0 Å². The minimum absolute atomic E-state index is 0.338. The van der Waals surface area contributed by atoms with Crippen molar-refractivity contribution in [2.24, 2.45) is 0 Å². The van der Waals surface area contributed by atoms with Gasteiger partial charge in [-0.3, -0.25) is 0 Å². The van der Waals surface area contributed by atoms with Gasteiger partial charge in [0.05, 0.1) is 11.6 Å². The Balaban J connectivity index is 2.00. The van der Waals surface area contributed by atoms with Crippen LogP contribution in [0.1, 0.15) is 24.5 Å². The number of hydrogen-bond donors (Lipinski definition) is 1. The molecule has 1 aromatic heterocycles. The Hall–Kier alpha value is -1.48. The summed E-state index contributed by atoms with van der Waals surface area (Å²) in [7, 11) is 2.15. The zero-order valence-corrected chi connectivity index (χ0v) is 10.0. The summed E-state index contributed by atoms with van der Waals surface area (Å²) >= 11 is 0. The molecule has 2 aromatic rings. The van der Waals surface area contributed by atoms with Crippen molar-refractivity contribution >= 4 is 10.8 Å². The summed E-state index contributed by atoms with van der Waals surface area (Å²) in [5.74, 6) is 1.74. The fourth-order valence-corrected chi connectivity index (χ4v) is 2.68. The van der Waals surface area contributed by atoms with Gasteiger partial charge in [-0.2, -0.15) is 0 Å². The molecule has 0 atom stereocenters. The predicted molar refractivity (Wildman–Crippen MR) is 67.4 cm³/mol. The molecule has 0 unspecified atom stereocenters. The van der Waals surface area contributed by atoms with Gasteiger partial charge in [0, 0.05) is 11.3 Å². The molecule has 0 radical (unpaired) electrons. The smallest absolute Gasteiger partial charge is 0.126 e. The van der Waals surface area contributed by atoms with E-state index in [0.29, 0.717) is 11.7 Å². The quantitative estimate of drug-likeness (QED) is 0.819. The first-order valence-corrected chi connectivity index (χ1v) is 6.13. The lowest BCUT2D eigenvalue weighted by Gasteiger charge is -2.27. The maximum Gasteiger partial charge on any atom is 0.126 e. The molecule has 1 saturated heterocycles. The second kappa shape index (κ2) is 4.08. The fraction of sp³-hybridized carbons (Fsp3) is 0.429. The van der Waals surface area contributed by atoms with Crippen LogP contribution in [0.4, 0.5) is 0 Å². The van der Waals surface area contributed by atoms with Gasteiger partial charge in [0.25, 0.3) is 0 Å². The van der Waals surface area contributed by atoms with Crippen molar-refractivity contribution in [1.82, 2.24) is 4.90 Å². The summed E-state index contributed by atoms with van der Waals surface area (Å²) in [5.41, 5.74) is 0. The number of benzene rings is 1. The standard InChI is InChI=1S/C14H17NO2/c1-15-7-5-10(6-8-15)14-13-11(9-17-14)3-2-4-12(13)16/h2-4,9-10,16H,5-8H2,1H3. The lowest BCUT2D eigenvalue weighted by molar-refractivity contribution is 0.241. The molecule has 3 heteroatoms. The lowest BCUT2D eigenvalue weighted by atomic mass is 9.92. The van der Waals surface area contributed by atoms with E-state index in [1.54, 1.807) is 12.3 Å². The third-order valence-corrected chi connectivity index (χ3v) is 3.72. The van der Waals surface area contributed by atoms with Crippen molar-refractivity contribution in [3.63, 3.8) is 0 Å². The second-order valence-electron chi connectivity index (χ2n) is 4.92. The Kier molecular flexibility index (Phi) is 2.56. The minimum atomic E-state index is 0.338. The Bertz CT molecular complexity index is 524. The number of aromatic hydroxyl groups is 1. The Morgan fingerprint density at radius 2 is 2.06 bits per heavy atom. The Morgan fingerprint density at radius 1 is 1.29 bits per heavy atom. The normalized spacial score (nSPS) is 18.9. The molecule has 90 valence electrons. The summed E-state index contributed by atoms with van der Waals surface area (Å²) in [6, 6.07) is 5.57. The molecule has 0 aliphatic carbocycles. The summed E-state index contributed by atoms with van der Waals surface area (Å²) in [6.45, 7) is 2.20. The SMILES string of the molecule is CN1CCC(c2occ3cccc(O)c23)CC1. The molecule has 17 heavy (non-hydrogen) atoms. The number of rotatable bonds is 1. The van der Waals surface area contributed by atoms with Crippen LogP contribution < -0.4 is 0 Å². The average molecular weight is 231 g/mol. The van der Waals surface area contributed by atoms with Gasteiger partial charge >= 0.3 is 0 Å². The molecule has 2 heterocycles. The number of fused-ring (bicyclic) bond motifs is 1. The van der Waals surface area contributed by atoms with Crippen molar-refractivity contribution in [3.8, 4) is 5.75 Å². The van der Waals surface area contributed by atoms with Crippen LogP contribution in [0.25, 0.3) is 10.8 Å². The summed E-state index contributed by atoms with van der Waals surface area (Å²) in [5, 5.41) is 11.9. The van der Waals surface area contributed by atoms with Crippen LogP contribution in [-0.2, 0) is 0 Å². The summed E-state index contributed by atoms with van der Waals surface area (Å²) in [6.07, 6.45) is 3.96. The first-order valence-electron chi connectivity index (χ1n) is 6.13. The molecule has 1 aliphatic heterocycles. The highest BCUT2D eigenvalue weighted by Crippen LogP contribution is 2.38. The molecule has 1 fully saturated rings. The molecular formula is C14H17NO2. The minimum Gasteiger partial charge on any atom is -0.507 e. The van der Waals surface area contributed by atoms with Gasteiger partial charge in [-0.1, -0.05) is 12.1 Å². The van der Waals surface area contributed by atoms with E-state index in [-0.39, 0.29) is 0 Å². The molecule has 3 nitrogen and oxygen atoms in total. The molecule has 0 spiro atoms. The van der Waals surface area contributed by atoms with Crippen molar-refractivity contribution in [1.29, 1.82) is 0 Å². The number of furan rings is 1. The van der Waals surface area contributed by atoms with Gasteiger partial charge < -0.3 is 14.4 Å². The van der Waals surface area contributed by atoms with E-state index in [9.17, 15) is 5.11 Å². The third kappa shape index (κ3) is 1.80. The summed E-state index contributed by atoms with van der Waals surface area (Å²) in [4.78, 5) is 2.33. The number of likely N-dealkylation sites (tertiary alicyclic amines) is 1. The van der Waals surface area contributed by atoms with Crippen LogP contribution in [0, 0.1) is 0 Å². The Morgan fingerprint density at radius 3 is 2.82 bits per heavy atom. The monoisotopic (exact) mass is 231 g/mol. The van der Waals surface area contributed by atoms with Gasteiger partial charge in [0.15, 0.2) is 0 Å². The molecule has 0 saturated carbocycles. The molecule has 0 amide bonds. The number of hydrogen-bond acceptors (Lipinski definition) is 3. The maximum atomic E-state index is 9.95. The van der Waals surface area contributed by atoms with E-state index in [0.717, 1.165) is 42.5 Å². The van der Waals surface area contributed by atoms with E-state index >= 15 is 0 Å². The van der Waals surface area contributed by atoms with Crippen LogP contribution in [0.5, 0.6) is 5.75 Å². The van der Waals surface area contributed by atoms with Gasteiger partial charge in [0.2, 0.25) is 0 Å². The van der Waals surface area contributed by atoms with Crippen LogP contribution in [0.15, 0.2) is 28.9 Å². The van der Waals surface area contributed by atoms with Crippen LogP contribution in [0.3, 0.4) is 0 Å². The molecule has 1 aromatic carbocycles. The predicted octanol–water partition coefficient (Wildman–Crippen LogP) is 2.95. The van der Waals surface area contributed by atoms with E-state index in [1.165, 1.54) is 0 Å². The highest BCUT2D eigenvalue weighted by Gasteiger charge is 2.24. The molecule has 0 bridgehead atoms. The van der Waals surface area contributed by atoms with Gasteiger partial charge in [-0.15, -0.1) is 0 Å². The molecule has 1 N–H and O–H groups in total. The molecule has 1 aliphatic rings. The number of phenolic OH excluding ortho intramolecular Hbond substituents is 1. The van der Waals surface area contributed by atoms with E-state index < -0.39 is 0 Å². The Labute approximate surface area is 101 Å². The van der Waals surface area contributed by atoms with Gasteiger partial charge in [-0.25, -0.2) is 0 Å². The van der Waals surface area contributed by atoms with E-state index in [1.807, 2.05) is 12.1 Å². The third-order valence-electron chi connectivity index (χ3n) is 3.72. The topological polar surface area (TPSA) is 36.6 Å². The van der Waals surface area contributed by atoms with Crippen molar-refractivity contribution < 1.29 is 9.52 Å². The van der Waals surface area contributed by atoms with Crippen LogP contribution in [-0.4, -0.2) is 30.1 Å². The fourth-order valence-electron chi connectivity index (χ4n) is 2.68. The van der Waals surface area contributed by atoms with Gasteiger partial charge in [0.1, 0.15) is 11.5 Å². The van der Waals surface area contributed by atoms with Crippen molar-refractivity contribution in [3.05, 3.63) is 30.2 Å². The largest absolute Gasteiger partial charge is 0.507 e. The average Bonchev–Trinajstić information content (AvgIpc) is 2.75. The lowest BCUT2D eigenvalue weighted by Crippen LogP contribution is -2.29. The van der Waals surface area contributed by atoms with Crippen LogP contribution in [0.2, 0.25) is 0 Å². The maximum absolute atomic E-state index is 9.95.